The van der Waals surface area contributed by atoms with Crippen LogP contribution in [0.5, 0.6) is 0 Å². The first kappa shape index (κ1) is 17.4. The van der Waals surface area contributed by atoms with E-state index in [9.17, 15) is 4.55 Å². The zero-order chi connectivity index (χ0) is 17.6. The smallest absolute Gasteiger partial charge is 0.129 e. The molecule has 2 heterocycles. The molecule has 0 N–H and O–H groups in total. The molecule has 5 heteroatoms. The van der Waals surface area contributed by atoms with E-state index in [-0.39, 0.29) is 0 Å². The quantitative estimate of drug-likeness (QED) is 0.546. The predicted molar refractivity (Wildman–Crippen MR) is 107 cm³/mol. The van der Waals surface area contributed by atoms with E-state index < -0.39 is 11.2 Å². The molecule has 0 spiro atoms. The van der Waals surface area contributed by atoms with Gasteiger partial charge in [-0.1, -0.05) is 42.7 Å². The fourth-order valence-electron chi connectivity index (χ4n) is 3.75. The second kappa shape index (κ2) is 6.98. The van der Waals surface area contributed by atoms with Crippen LogP contribution in [0.1, 0.15) is 38.2 Å². The zero-order valence-electron chi connectivity index (χ0n) is 14.9. The van der Waals surface area contributed by atoms with Gasteiger partial charge in [0.2, 0.25) is 0 Å². The molecule has 2 aromatic rings. The highest BCUT2D eigenvalue weighted by molar-refractivity contribution is 7.91. The van der Waals surface area contributed by atoms with Crippen molar-refractivity contribution in [3.63, 3.8) is 0 Å². The number of fused-ring (bicyclic) bond motifs is 1. The van der Waals surface area contributed by atoms with Crippen LogP contribution in [0.15, 0.2) is 24.4 Å². The van der Waals surface area contributed by atoms with Crippen molar-refractivity contribution in [2.45, 2.75) is 32.6 Å². The molecule has 1 atom stereocenters. The molecule has 1 aliphatic heterocycles. The van der Waals surface area contributed by atoms with Crippen molar-refractivity contribution in [3.05, 3.63) is 35.1 Å². The van der Waals surface area contributed by atoms with Crippen molar-refractivity contribution in [2.75, 3.05) is 29.5 Å². The van der Waals surface area contributed by atoms with Crippen LogP contribution in [-0.2, 0) is 11.2 Å². The van der Waals surface area contributed by atoms with E-state index in [0.29, 0.717) is 17.0 Å². The summed E-state index contributed by atoms with van der Waals surface area (Å²) in [5.41, 5.74) is 2.54. The minimum absolute atomic E-state index is 0.448. The maximum Gasteiger partial charge on any atom is 0.129 e. The molecule has 1 unspecified atom stereocenters. The number of halogens is 1. The molecule has 0 bridgehead atoms. The van der Waals surface area contributed by atoms with Crippen LogP contribution in [0.3, 0.4) is 0 Å². The summed E-state index contributed by atoms with van der Waals surface area (Å²) in [4.78, 5) is 6.70. The normalized spacial score (nSPS) is 19.5. The first-order valence-corrected chi connectivity index (χ1v) is 11.1. The Hall–Kier alpha value is -0.970. The van der Waals surface area contributed by atoms with E-state index in [1.54, 1.807) is 0 Å². The Morgan fingerprint density at radius 3 is 2.60 bits per heavy atom. The van der Waals surface area contributed by atoms with Crippen LogP contribution in [0.25, 0.3) is 10.8 Å². The van der Waals surface area contributed by atoms with Crippen LogP contribution in [0.2, 0.25) is 5.15 Å². The van der Waals surface area contributed by atoms with Crippen molar-refractivity contribution < 1.29 is 4.55 Å². The Bertz CT molecular complexity index is 772. The van der Waals surface area contributed by atoms with Gasteiger partial charge >= 0.3 is 0 Å². The fourth-order valence-corrected chi connectivity index (χ4v) is 5.64. The highest BCUT2D eigenvalue weighted by Crippen LogP contribution is 2.37. The Morgan fingerprint density at radius 2 is 1.92 bits per heavy atom. The van der Waals surface area contributed by atoms with Gasteiger partial charge in [-0.15, -0.1) is 0 Å². The van der Waals surface area contributed by atoms with Gasteiger partial charge in [0, 0.05) is 42.2 Å². The summed E-state index contributed by atoms with van der Waals surface area (Å²) in [7, 11) is 0. The lowest BCUT2D eigenvalue weighted by Crippen LogP contribution is -2.50. The molecule has 2 fully saturated rings. The van der Waals surface area contributed by atoms with Gasteiger partial charge in [-0.2, -0.15) is 0 Å². The maximum atomic E-state index is 12.2. The molecule has 3 nitrogen and oxygen atoms in total. The van der Waals surface area contributed by atoms with Crippen molar-refractivity contribution in [1.29, 1.82) is 0 Å². The average Bonchev–Trinajstić information content (AvgIpc) is 3.33. The van der Waals surface area contributed by atoms with Crippen molar-refractivity contribution in [2.24, 2.45) is 11.8 Å². The predicted octanol–water partition coefficient (Wildman–Crippen LogP) is 4.61. The zero-order valence-corrected chi connectivity index (χ0v) is 16.4. The van der Waals surface area contributed by atoms with Crippen LogP contribution in [0, 0.1) is 11.8 Å². The van der Waals surface area contributed by atoms with Gasteiger partial charge in [0.1, 0.15) is 16.7 Å². The maximum absolute atomic E-state index is 12.2. The number of rotatable bonds is 6. The highest BCUT2D eigenvalue weighted by atomic mass is 35.5. The summed E-state index contributed by atoms with van der Waals surface area (Å²) in [6, 6.07) is 6.42. The summed E-state index contributed by atoms with van der Waals surface area (Å²) in [5, 5.41) is 2.92. The number of benzene rings is 1. The first-order valence-electron chi connectivity index (χ1n) is 9.19. The van der Waals surface area contributed by atoms with Gasteiger partial charge in [0.15, 0.2) is 0 Å². The Kier molecular flexibility index (Phi) is 4.87. The fraction of sp³-hybridized carbons (Fsp3) is 0.550. The molecule has 1 saturated heterocycles. The first-order chi connectivity index (χ1) is 12.0. The second-order valence-corrected chi connectivity index (χ2v) is 9.80. The third-order valence-electron chi connectivity index (χ3n) is 5.34. The average molecular weight is 377 g/mol. The van der Waals surface area contributed by atoms with E-state index in [1.807, 2.05) is 12.3 Å². The number of pyridine rings is 1. The van der Waals surface area contributed by atoms with E-state index in [2.05, 4.69) is 35.9 Å². The highest BCUT2D eigenvalue weighted by Gasteiger charge is 2.34. The molecule has 1 aromatic heterocycles. The van der Waals surface area contributed by atoms with E-state index in [4.69, 9.17) is 11.6 Å². The minimum Gasteiger partial charge on any atom is -0.616 e. The third-order valence-corrected chi connectivity index (χ3v) is 7.23. The molecule has 1 aromatic carbocycles. The topological polar surface area (TPSA) is 39.2 Å². The lowest BCUT2D eigenvalue weighted by atomic mass is 9.94. The van der Waals surface area contributed by atoms with Gasteiger partial charge in [-0.3, -0.25) is 0 Å². The van der Waals surface area contributed by atoms with Gasteiger partial charge in [-0.05, 0) is 41.8 Å². The minimum atomic E-state index is -0.634. The summed E-state index contributed by atoms with van der Waals surface area (Å²) in [6.07, 6.45) is 4.47. The molecule has 0 amide bonds. The van der Waals surface area contributed by atoms with Crippen LogP contribution in [0.4, 0.5) is 5.69 Å². The van der Waals surface area contributed by atoms with Gasteiger partial charge in [0.05, 0.1) is 0 Å². The summed E-state index contributed by atoms with van der Waals surface area (Å²) >= 11 is 5.51. The second-order valence-electron chi connectivity index (χ2n) is 7.87. The van der Waals surface area contributed by atoms with Crippen LogP contribution < -0.4 is 4.90 Å². The summed E-state index contributed by atoms with van der Waals surface area (Å²) in [5.74, 6) is 3.54. The molecule has 1 aliphatic carbocycles. The number of anilines is 1. The van der Waals surface area contributed by atoms with Crippen molar-refractivity contribution in [1.82, 2.24) is 4.98 Å². The molecule has 2 aliphatic rings. The molecule has 0 radical (unpaired) electrons. The number of aromatic nitrogens is 1. The van der Waals surface area contributed by atoms with Crippen LogP contribution >= 0.6 is 11.6 Å². The standard InChI is InChI=1S/C20H25ClN2OS/c1-13(2)16-5-6-19(18-8-22-20(21)7-17(16)18)23-9-15(10-23)12-25(24)11-14-3-4-14/h5-8,13-15H,3-4,9-12H2,1-2H3. The Balaban J connectivity index is 1.50. The Labute approximate surface area is 157 Å². The molecule has 134 valence electrons. The number of hydrogen-bond donors (Lipinski definition) is 0. The van der Waals surface area contributed by atoms with Crippen molar-refractivity contribution in [3.8, 4) is 0 Å². The van der Waals surface area contributed by atoms with Gasteiger partial charge in [-0.25, -0.2) is 4.98 Å². The summed E-state index contributed by atoms with van der Waals surface area (Å²) < 4.78 is 12.2. The van der Waals surface area contributed by atoms with E-state index >= 15 is 0 Å². The molecule has 25 heavy (non-hydrogen) atoms. The number of nitrogens with zero attached hydrogens (tertiary/aromatic N) is 2. The van der Waals surface area contributed by atoms with Gasteiger partial charge in [0.25, 0.3) is 0 Å². The molecule has 1 saturated carbocycles. The molecule has 4 rings (SSSR count). The SMILES string of the molecule is CC(C)c1ccc(N2CC(C[S+]([O-])CC3CC3)C2)c2cnc(Cl)cc12. The third kappa shape index (κ3) is 3.76. The number of hydrogen-bond acceptors (Lipinski definition) is 3. The summed E-state index contributed by atoms with van der Waals surface area (Å²) in [6.45, 7) is 6.40. The van der Waals surface area contributed by atoms with Crippen molar-refractivity contribution >= 4 is 39.2 Å². The largest absolute Gasteiger partial charge is 0.616 e. The van der Waals surface area contributed by atoms with Gasteiger partial charge < -0.3 is 9.45 Å². The lowest BCUT2D eigenvalue weighted by molar-refractivity contribution is 0.444. The van der Waals surface area contributed by atoms with E-state index in [0.717, 1.165) is 30.5 Å². The monoisotopic (exact) mass is 376 g/mol. The van der Waals surface area contributed by atoms with Crippen LogP contribution in [-0.4, -0.2) is 34.1 Å². The Morgan fingerprint density at radius 1 is 1.20 bits per heavy atom. The van der Waals surface area contributed by atoms with E-state index in [1.165, 1.54) is 34.9 Å². The molecular weight excluding hydrogens is 352 g/mol. The lowest BCUT2D eigenvalue weighted by Gasteiger charge is -2.41. The molecular formula is C20H25ClN2OS.